The Balaban J connectivity index is 3.87. The highest BCUT2D eigenvalue weighted by atomic mass is 79.9. The van der Waals surface area contributed by atoms with Crippen LogP contribution in [-0.2, 0) is 28.7 Å². The van der Waals surface area contributed by atoms with E-state index in [4.69, 9.17) is 9.47 Å². The van der Waals surface area contributed by atoms with E-state index >= 15 is 0 Å². The minimum Gasteiger partial charge on any atom is -0.382 e. The Morgan fingerprint density at radius 1 is 1.00 bits per heavy atom. The molecule has 154 valence electrons. The van der Waals surface area contributed by atoms with Crippen LogP contribution in [-0.4, -0.2) is 90.8 Å². The van der Waals surface area contributed by atoms with Crippen molar-refractivity contribution in [2.45, 2.75) is 63.0 Å². The summed E-state index contributed by atoms with van der Waals surface area (Å²) in [6, 6.07) is 0. The molecule has 0 amide bonds. The number of hydrogen-bond acceptors (Lipinski definition) is 10. The van der Waals surface area contributed by atoms with Crippen molar-refractivity contribution in [1.29, 1.82) is 0 Å². The van der Waals surface area contributed by atoms with Crippen LogP contribution in [0.25, 0.3) is 0 Å². The molecule has 11 heteroatoms. The van der Waals surface area contributed by atoms with Gasteiger partial charge in [0, 0.05) is 5.33 Å². The summed E-state index contributed by atoms with van der Waals surface area (Å²) >= 11 is 3.04. The average molecular weight is 455 g/mol. The fourth-order valence-corrected chi connectivity index (χ4v) is 3.42. The van der Waals surface area contributed by atoms with E-state index in [0.717, 1.165) is 27.7 Å². The third-order valence-corrected chi connectivity index (χ3v) is 5.08. The molecule has 6 atom stereocenters. The molecular weight excluding hydrogens is 432 g/mol. The van der Waals surface area contributed by atoms with Crippen LogP contribution in [0.15, 0.2) is 0 Å². The van der Waals surface area contributed by atoms with Gasteiger partial charge in [-0.15, -0.1) is 0 Å². The molecule has 1 aliphatic rings. The van der Waals surface area contributed by atoms with Gasteiger partial charge < -0.3 is 29.9 Å². The molecule has 0 aliphatic carbocycles. The maximum Gasteiger partial charge on any atom is 0.213 e. The van der Waals surface area contributed by atoms with Crippen LogP contribution < -0.4 is 0 Å². The SMILES string of the molecule is CC(=O)C(O)[C@H]1O[C@H](OCCBr)[C@@](O)(C(C)=O)[C@](O)(C(C)=O)[C@]1(O)C(C)=O. The molecule has 0 aromatic rings. The van der Waals surface area contributed by atoms with Crippen molar-refractivity contribution in [3.8, 4) is 0 Å². The normalized spacial score (nSPS) is 37.5. The Hall–Kier alpha value is -1.08. The molecule has 1 heterocycles. The number of rotatable bonds is 8. The quantitative estimate of drug-likeness (QED) is 0.302. The maximum absolute atomic E-state index is 12.4. The predicted molar refractivity (Wildman–Crippen MR) is 92.0 cm³/mol. The Morgan fingerprint density at radius 2 is 1.48 bits per heavy atom. The van der Waals surface area contributed by atoms with Crippen LogP contribution in [0, 0.1) is 0 Å². The third-order valence-electron chi connectivity index (χ3n) is 4.76. The number of carbonyl (C=O) groups is 4. The smallest absolute Gasteiger partial charge is 0.213 e. The number of carbonyl (C=O) groups excluding carboxylic acids is 4. The number of aliphatic hydroxyl groups excluding tert-OH is 1. The summed E-state index contributed by atoms with van der Waals surface area (Å²) in [6.45, 7) is 3.00. The molecule has 1 fully saturated rings. The lowest BCUT2D eigenvalue weighted by molar-refractivity contribution is -0.371. The molecule has 27 heavy (non-hydrogen) atoms. The van der Waals surface area contributed by atoms with Gasteiger partial charge in [-0.3, -0.25) is 19.2 Å². The van der Waals surface area contributed by atoms with Crippen molar-refractivity contribution < 1.29 is 49.1 Å². The molecule has 0 saturated carbocycles. The molecule has 0 bridgehead atoms. The van der Waals surface area contributed by atoms with Gasteiger partial charge in [0.15, 0.2) is 35.0 Å². The molecule has 0 spiro atoms. The lowest BCUT2D eigenvalue weighted by atomic mass is 9.60. The van der Waals surface area contributed by atoms with Crippen LogP contribution in [0.2, 0.25) is 0 Å². The zero-order valence-corrected chi connectivity index (χ0v) is 16.8. The molecule has 1 unspecified atom stereocenters. The second-order valence-electron chi connectivity index (χ2n) is 6.42. The number of Topliss-reactive ketones (excluding diaryl/α,β-unsaturated/α-hetero) is 4. The fourth-order valence-electron chi connectivity index (χ4n) is 3.24. The lowest BCUT2D eigenvalue weighted by Crippen LogP contribution is -2.87. The van der Waals surface area contributed by atoms with E-state index in [1.807, 2.05) is 0 Å². The molecule has 1 rings (SSSR count). The molecule has 4 N–H and O–H groups in total. The number of aliphatic hydroxyl groups is 4. The monoisotopic (exact) mass is 454 g/mol. The minimum atomic E-state index is -3.46. The largest absolute Gasteiger partial charge is 0.382 e. The first kappa shape index (κ1) is 24.0. The van der Waals surface area contributed by atoms with Crippen molar-refractivity contribution in [3.63, 3.8) is 0 Å². The first-order valence-electron chi connectivity index (χ1n) is 7.96. The van der Waals surface area contributed by atoms with Crippen LogP contribution in [0.3, 0.4) is 0 Å². The second-order valence-corrected chi connectivity index (χ2v) is 7.21. The highest BCUT2D eigenvalue weighted by Crippen LogP contribution is 2.47. The van der Waals surface area contributed by atoms with Gasteiger partial charge in [-0.25, -0.2) is 0 Å². The number of alkyl halides is 1. The molecule has 0 aromatic carbocycles. The zero-order valence-electron chi connectivity index (χ0n) is 15.3. The van der Waals surface area contributed by atoms with Gasteiger partial charge in [0.25, 0.3) is 0 Å². The molecule has 10 nitrogen and oxygen atoms in total. The van der Waals surface area contributed by atoms with Gasteiger partial charge in [0.05, 0.1) is 6.61 Å². The Labute approximate surface area is 163 Å². The molecule has 1 aliphatic heterocycles. The number of halogens is 1. The lowest BCUT2D eigenvalue weighted by Gasteiger charge is -2.57. The molecule has 1 saturated heterocycles. The van der Waals surface area contributed by atoms with Crippen LogP contribution in [0.5, 0.6) is 0 Å². The van der Waals surface area contributed by atoms with Crippen LogP contribution >= 0.6 is 15.9 Å². The predicted octanol–water partition coefficient (Wildman–Crippen LogP) is -1.97. The van der Waals surface area contributed by atoms with Crippen LogP contribution in [0.1, 0.15) is 27.7 Å². The van der Waals surface area contributed by atoms with Crippen molar-refractivity contribution in [2.24, 2.45) is 0 Å². The summed E-state index contributed by atoms with van der Waals surface area (Å²) in [5.41, 5.74) is -9.99. The Morgan fingerprint density at radius 3 is 1.81 bits per heavy atom. The molecular formula is C16H23BrO10. The van der Waals surface area contributed by atoms with Gasteiger partial charge in [0.2, 0.25) is 11.2 Å². The summed E-state index contributed by atoms with van der Waals surface area (Å²) in [5, 5.41) is 43.5. The Bertz CT molecular complexity index is 651. The van der Waals surface area contributed by atoms with E-state index in [2.05, 4.69) is 15.9 Å². The summed E-state index contributed by atoms with van der Waals surface area (Å²) in [4.78, 5) is 48.5. The highest BCUT2D eigenvalue weighted by molar-refractivity contribution is 9.09. The third kappa shape index (κ3) is 3.31. The van der Waals surface area contributed by atoms with Gasteiger partial charge in [-0.1, -0.05) is 15.9 Å². The summed E-state index contributed by atoms with van der Waals surface area (Å²) in [5.74, 6) is -4.88. The van der Waals surface area contributed by atoms with Gasteiger partial charge >= 0.3 is 0 Å². The second kappa shape index (κ2) is 8.11. The fraction of sp³-hybridized carbons (Fsp3) is 0.750. The van der Waals surface area contributed by atoms with Gasteiger partial charge in [0.1, 0.15) is 12.2 Å². The van der Waals surface area contributed by atoms with Crippen LogP contribution in [0.4, 0.5) is 0 Å². The van der Waals surface area contributed by atoms with Crippen molar-refractivity contribution in [1.82, 2.24) is 0 Å². The molecule has 0 aromatic heterocycles. The van der Waals surface area contributed by atoms with Gasteiger partial charge in [-0.2, -0.15) is 0 Å². The summed E-state index contributed by atoms with van der Waals surface area (Å²) in [7, 11) is 0. The topological polar surface area (TPSA) is 168 Å². The minimum absolute atomic E-state index is 0.185. The molecule has 0 radical (unpaired) electrons. The number of ether oxygens (including phenoxy) is 2. The van der Waals surface area contributed by atoms with E-state index in [1.165, 1.54) is 0 Å². The maximum atomic E-state index is 12.4. The number of hydrogen-bond donors (Lipinski definition) is 4. The number of ketones is 4. The standard InChI is InChI=1S/C16H23BrO10/c1-7(18)11(22)12-14(23,8(2)19)16(25,10(4)21)15(24,9(3)20)13(27-12)26-6-5-17/h11-13,22-25H,5-6H2,1-4H3/t11?,12-,13+,14+,15+,16+/m1/s1. The van der Waals surface area contributed by atoms with Crippen molar-refractivity contribution in [2.75, 3.05) is 11.9 Å². The van der Waals surface area contributed by atoms with E-state index in [-0.39, 0.29) is 11.9 Å². The summed E-state index contributed by atoms with van der Waals surface area (Å²) < 4.78 is 10.4. The van der Waals surface area contributed by atoms with E-state index < -0.39 is 58.4 Å². The highest BCUT2D eigenvalue weighted by Gasteiger charge is 2.79. The zero-order chi connectivity index (χ0) is 21.4. The van der Waals surface area contributed by atoms with Gasteiger partial charge in [-0.05, 0) is 27.7 Å². The van der Waals surface area contributed by atoms with Crippen molar-refractivity contribution in [3.05, 3.63) is 0 Å². The Kier molecular flexibility index (Phi) is 7.20. The van der Waals surface area contributed by atoms with E-state index in [1.54, 1.807) is 0 Å². The average Bonchev–Trinajstić information content (AvgIpc) is 2.57. The van der Waals surface area contributed by atoms with E-state index in [0.29, 0.717) is 0 Å². The first-order chi connectivity index (χ1) is 12.2. The van der Waals surface area contributed by atoms with E-state index in [9.17, 15) is 39.6 Å². The summed E-state index contributed by atoms with van der Waals surface area (Å²) in [6.07, 6.45) is -6.43. The first-order valence-corrected chi connectivity index (χ1v) is 9.08. The van der Waals surface area contributed by atoms with Crippen molar-refractivity contribution >= 4 is 39.1 Å².